The van der Waals surface area contributed by atoms with E-state index in [1.165, 1.54) is 11.1 Å². The molecule has 2 rings (SSSR count). The third-order valence-electron chi connectivity index (χ3n) is 4.08. The zero-order valence-corrected chi connectivity index (χ0v) is 13.7. The zero-order chi connectivity index (χ0) is 15.2. The minimum atomic E-state index is 0.686. The van der Waals surface area contributed by atoms with E-state index in [4.69, 9.17) is 5.73 Å². The van der Waals surface area contributed by atoms with Gasteiger partial charge in [0.25, 0.3) is 0 Å². The summed E-state index contributed by atoms with van der Waals surface area (Å²) in [5.74, 6) is 1.14. The Morgan fingerprint density at radius 3 is 2.52 bits per heavy atom. The molecule has 5 nitrogen and oxygen atoms in total. The lowest BCUT2D eigenvalue weighted by molar-refractivity contribution is 0.229. The van der Waals surface area contributed by atoms with Crippen LogP contribution in [0, 0.1) is 6.92 Å². The van der Waals surface area contributed by atoms with Gasteiger partial charge in [0, 0.05) is 45.5 Å². The lowest BCUT2D eigenvalue weighted by Gasteiger charge is -2.36. The molecule has 1 saturated heterocycles. The molecule has 1 aromatic heterocycles. The summed E-state index contributed by atoms with van der Waals surface area (Å²) in [5, 5.41) is 0. The number of nitrogens with two attached hydrogens (primary N) is 1. The van der Waals surface area contributed by atoms with Crippen molar-refractivity contribution in [1.82, 2.24) is 14.8 Å². The summed E-state index contributed by atoms with van der Waals surface area (Å²) in [4.78, 5) is 11.9. The van der Waals surface area contributed by atoms with Crippen molar-refractivity contribution in [1.29, 1.82) is 0 Å². The summed E-state index contributed by atoms with van der Waals surface area (Å²) in [5.41, 5.74) is 8.11. The average Bonchev–Trinajstić information content (AvgIpc) is 2.46. The van der Waals surface area contributed by atoms with Crippen LogP contribution in [0.5, 0.6) is 0 Å². The van der Waals surface area contributed by atoms with Gasteiger partial charge in [-0.2, -0.15) is 0 Å². The number of aromatic nitrogens is 1. The van der Waals surface area contributed by atoms with Gasteiger partial charge in [0.1, 0.15) is 5.82 Å². The number of hydrogen-bond acceptors (Lipinski definition) is 5. The molecule has 118 valence electrons. The van der Waals surface area contributed by atoms with Crippen LogP contribution in [0.1, 0.15) is 11.1 Å². The van der Waals surface area contributed by atoms with Crippen molar-refractivity contribution >= 4 is 5.82 Å². The van der Waals surface area contributed by atoms with E-state index >= 15 is 0 Å². The molecule has 0 saturated carbocycles. The lowest BCUT2D eigenvalue weighted by atomic mass is 10.1. The van der Waals surface area contributed by atoms with E-state index in [2.05, 4.69) is 46.8 Å². The zero-order valence-electron chi connectivity index (χ0n) is 13.7. The number of aryl methyl sites for hydroxylation is 1. The first kappa shape index (κ1) is 16.2. The van der Waals surface area contributed by atoms with E-state index in [0.29, 0.717) is 6.54 Å². The topological polar surface area (TPSA) is 48.6 Å². The van der Waals surface area contributed by atoms with Gasteiger partial charge in [-0.1, -0.05) is 6.07 Å². The summed E-state index contributed by atoms with van der Waals surface area (Å²) < 4.78 is 0. The molecular weight excluding hydrogens is 262 g/mol. The highest BCUT2D eigenvalue weighted by atomic mass is 15.3. The molecule has 1 aliphatic rings. The average molecular weight is 291 g/mol. The Balaban J connectivity index is 1.90. The number of piperazine rings is 1. The van der Waals surface area contributed by atoms with E-state index in [1.54, 1.807) is 0 Å². The fourth-order valence-corrected chi connectivity index (χ4v) is 2.78. The van der Waals surface area contributed by atoms with Crippen LogP contribution in [0.3, 0.4) is 0 Å². The van der Waals surface area contributed by atoms with Crippen molar-refractivity contribution in [3.8, 4) is 0 Å². The standard InChI is InChI=1S/C16H29N5/c1-14-12-15(4-5-17)13-18-16(14)21-10-8-20(9-11-21)7-6-19(2)3/h12-13H,4-11,17H2,1-3H3. The maximum atomic E-state index is 5.61. The maximum absolute atomic E-state index is 5.61. The molecule has 0 bridgehead atoms. The normalized spacial score (nSPS) is 16.7. The Hall–Kier alpha value is -1.17. The smallest absolute Gasteiger partial charge is 0.131 e. The van der Waals surface area contributed by atoms with Gasteiger partial charge < -0.3 is 15.5 Å². The molecule has 5 heteroatoms. The predicted octanol–water partition coefficient (Wildman–Crippen LogP) is 0.575. The predicted molar refractivity (Wildman–Crippen MR) is 88.9 cm³/mol. The molecule has 1 fully saturated rings. The summed E-state index contributed by atoms with van der Waals surface area (Å²) in [6.45, 7) is 9.51. The van der Waals surface area contributed by atoms with E-state index < -0.39 is 0 Å². The molecule has 0 aliphatic carbocycles. The molecule has 0 spiro atoms. The largest absolute Gasteiger partial charge is 0.354 e. The summed E-state index contributed by atoms with van der Waals surface area (Å²) in [7, 11) is 4.26. The number of hydrogen-bond donors (Lipinski definition) is 1. The van der Waals surface area contributed by atoms with Crippen LogP contribution in [-0.4, -0.2) is 74.7 Å². The fraction of sp³-hybridized carbons (Fsp3) is 0.688. The molecule has 2 heterocycles. The SMILES string of the molecule is Cc1cc(CCN)cnc1N1CCN(CCN(C)C)CC1. The Morgan fingerprint density at radius 2 is 1.95 bits per heavy atom. The maximum Gasteiger partial charge on any atom is 0.131 e. The van der Waals surface area contributed by atoms with Gasteiger partial charge in [0.15, 0.2) is 0 Å². The molecule has 1 aliphatic heterocycles. The Kier molecular flexibility index (Phi) is 5.96. The number of rotatable bonds is 6. The van der Waals surface area contributed by atoms with E-state index in [9.17, 15) is 0 Å². The first-order chi connectivity index (χ1) is 10.1. The highest BCUT2D eigenvalue weighted by Crippen LogP contribution is 2.19. The molecule has 0 atom stereocenters. The van der Waals surface area contributed by atoms with Crippen LogP contribution in [-0.2, 0) is 6.42 Å². The highest BCUT2D eigenvalue weighted by molar-refractivity contribution is 5.47. The Morgan fingerprint density at radius 1 is 1.24 bits per heavy atom. The highest BCUT2D eigenvalue weighted by Gasteiger charge is 2.19. The number of pyridine rings is 1. The number of nitrogens with zero attached hydrogens (tertiary/aromatic N) is 4. The van der Waals surface area contributed by atoms with E-state index in [1.807, 2.05) is 6.20 Å². The first-order valence-electron chi connectivity index (χ1n) is 7.88. The molecule has 0 unspecified atom stereocenters. The van der Waals surface area contributed by atoms with Crippen LogP contribution in [0.25, 0.3) is 0 Å². The molecule has 0 aromatic carbocycles. The molecule has 1 aromatic rings. The van der Waals surface area contributed by atoms with Gasteiger partial charge in [-0.25, -0.2) is 4.98 Å². The van der Waals surface area contributed by atoms with E-state index in [-0.39, 0.29) is 0 Å². The third kappa shape index (κ3) is 4.66. The van der Waals surface area contributed by atoms with Crippen LogP contribution in [0.2, 0.25) is 0 Å². The summed E-state index contributed by atoms with van der Waals surface area (Å²) in [6, 6.07) is 2.23. The lowest BCUT2D eigenvalue weighted by Crippen LogP contribution is -2.48. The first-order valence-corrected chi connectivity index (χ1v) is 7.88. The Labute approximate surface area is 128 Å². The second kappa shape index (κ2) is 7.73. The minimum absolute atomic E-state index is 0.686. The van der Waals surface area contributed by atoms with Crippen molar-refractivity contribution < 1.29 is 0 Å². The van der Waals surface area contributed by atoms with Gasteiger partial charge >= 0.3 is 0 Å². The molecule has 2 N–H and O–H groups in total. The van der Waals surface area contributed by atoms with Gasteiger partial charge in [-0.15, -0.1) is 0 Å². The molecular formula is C16H29N5. The van der Waals surface area contributed by atoms with Crippen LogP contribution in [0.15, 0.2) is 12.3 Å². The quantitative estimate of drug-likeness (QED) is 0.830. The molecule has 21 heavy (non-hydrogen) atoms. The monoisotopic (exact) mass is 291 g/mol. The van der Waals surface area contributed by atoms with Crippen molar-refractivity contribution in [2.24, 2.45) is 5.73 Å². The minimum Gasteiger partial charge on any atom is -0.354 e. The Bertz CT molecular complexity index is 438. The second-order valence-electron chi connectivity index (χ2n) is 6.15. The third-order valence-corrected chi connectivity index (χ3v) is 4.08. The van der Waals surface area contributed by atoms with Crippen LogP contribution in [0.4, 0.5) is 5.82 Å². The van der Waals surface area contributed by atoms with Crippen molar-refractivity contribution in [3.63, 3.8) is 0 Å². The van der Waals surface area contributed by atoms with Crippen LogP contribution < -0.4 is 10.6 Å². The number of likely N-dealkylation sites (N-methyl/N-ethyl adjacent to an activating group) is 1. The van der Waals surface area contributed by atoms with E-state index in [0.717, 1.165) is 51.5 Å². The molecule has 0 radical (unpaired) electrons. The van der Waals surface area contributed by atoms with Crippen molar-refractivity contribution in [2.45, 2.75) is 13.3 Å². The number of anilines is 1. The van der Waals surface area contributed by atoms with Gasteiger partial charge in [-0.3, -0.25) is 4.90 Å². The van der Waals surface area contributed by atoms with Gasteiger partial charge in [-0.05, 0) is 45.1 Å². The summed E-state index contributed by atoms with van der Waals surface area (Å²) in [6.07, 6.45) is 2.89. The van der Waals surface area contributed by atoms with Crippen LogP contribution >= 0.6 is 0 Å². The second-order valence-corrected chi connectivity index (χ2v) is 6.15. The van der Waals surface area contributed by atoms with Crippen molar-refractivity contribution in [2.75, 3.05) is 64.8 Å². The molecule has 0 amide bonds. The van der Waals surface area contributed by atoms with Crippen molar-refractivity contribution in [3.05, 3.63) is 23.4 Å². The van der Waals surface area contributed by atoms with Gasteiger partial charge in [0.05, 0.1) is 0 Å². The fourth-order valence-electron chi connectivity index (χ4n) is 2.78. The summed E-state index contributed by atoms with van der Waals surface area (Å²) >= 11 is 0. The van der Waals surface area contributed by atoms with Gasteiger partial charge in [0.2, 0.25) is 0 Å².